The Morgan fingerprint density at radius 3 is 2.37 bits per heavy atom. The topological polar surface area (TPSA) is 110 Å². The maximum Gasteiger partial charge on any atom is 0.303 e. The second kappa shape index (κ2) is 16.8. The van der Waals surface area contributed by atoms with Crippen molar-refractivity contribution in [1.82, 2.24) is 24.8 Å². The van der Waals surface area contributed by atoms with Crippen LogP contribution in [-0.4, -0.2) is 80.3 Å². The number of fused-ring (bicyclic) bond motifs is 1. The molecule has 3 aliphatic carbocycles. The van der Waals surface area contributed by atoms with Crippen LogP contribution in [-0.2, 0) is 10.7 Å². The molecule has 3 aromatic rings. The molecule has 1 amide bonds. The Balaban J connectivity index is 1.09. The smallest absolute Gasteiger partial charge is 0.303 e. The molecule has 14 heteroatoms. The monoisotopic (exact) mass is 801 g/mol. The summed E-state index contributed by atoms with van der Waals surface area (Å²) in [5.41, 5.74) is 0.343. The predicted octanol–water partition coefficient (Wildman–Crippen LogP) is 9.59. The second-order valence-corrected chi connectivity index (χ2v) is 17.9. The van der Waals surface area contributed by atoms with Crippen molar-refractivity contribution in [3.63, 3.8) is 0 Å². The van der Waals surface area contributed by atoms with Gasteiger partial charge < -0.3 is 19.7 Å². The van der Waals surface area contributed by atoms with Crippen LogP contribution in [0.1, 0.15) is 126 Å². The Bertz CT molecular complexity index is 1890. The number of carbonyl (C=O) groups is 2. The molecule has 57 heavy (non-hydrogen) atoms. The van der Waals surface area contributed by atoms with Gasteiger partial charge in [-0.25, -0.2) is 23.1 Å². The van der Waals surface area contributed by atoms with Crippen molar-refractivity contribution in [3.05, 3.63) is 41.9 Å². The van der Waals surface area contributed by atoms with E-state index in [9.17, 15) is 27.9 Å². The highest BCUT2D eigenvalue weighted by Crippen LogP contribution is 2.41. The van der Waals surface area contributed by atoms with E-state index in [4.69, 9.17) is 4.74 Å². The van der Waals surface area contributed by atoms with Crippen molar-refractivity contribution < 1.29 is 41.4 Å². The molecule has 4 fully saturated rings. The molecule has 9 nitrogen and oxygen atoms in total. The van der Waals surface area contributed by atoms with E-state index >= 15 is 8.78 Å². The summed E-state index contributed by atoms with van der Waals surface area (Å²) in [5, 5.41) is 12.8. The van der Waals surface area contributed by atoms with Crippen molar-refractivity contribution in [2.45, 2.75) is 140 Å². The lowest BCUT2D eigenvalue weighted by atomic mass is 9.73. The largest absolute Gasteiger partial charge is 0.490 e. The number of rotatable bonds is 13. The number of benzene rings is 1. The summed E-state index contributed by atoms with van der Waals surface area (Å²) in [5.74, 6) is -5.95. The molecule has 1 saturated heterocycles. The zero-order valence-corrected chi connectivity index (χ0v) is 33.2. The zero-order valence-electron chi connectivity index (χ0n) is 33.2. The first kappa shape index (κ1) is 41.4. The first-order valence-electron chi connectivity index (χ1n) is 20.8. The van der Waals surface area contributed by atoms with E-state index in [1.54, 1.807) is 0 Å². The average Bonchev–Trinajstić information content (AvgIpc) is 3.51. The van der Waals surface area contributed by atoms with E-state index in [1.807, 2.05) is 36.2 Å². The van der Waals surface area contributed by atoms with E-state index in [0.717, 1.165) is 63.8 Å². The number of likely N-dealkylation sites (tertiary alicyclic amines) is 1. The van der Waals surface area contributed by atoms with Gasteiger partial charge in [0.15, 0.2) is 5.82 Å². The fourth-order valence-corrected chi connectivity index (χ4v) is 10.2. The van der Waals surface area contributed by atoms with Crippen LogP contribution in [0, 0.1) is 23.7 Å². The van der Waals surface area contributed by atoms with Crippen LogP contribution < -0.4 is 10.1 Å². The van der Waals surface area contributed by atoms with Crippen molar-refractivity contribution in [3.8, 4) is 17.1 Å². The number of hydrogen-bond donors (Lipinski definition) is 2. The highest BCUT2D eigenvalue weighted by Gasteiger charge is 2.47. The fourth-order valence-electron chi connectivity index (χ4n) is 10.2. The molecule has 4 atom stereocenters. The summed E-state index contributed by atoms with van der Waals surface area (Å²) < 4.78 is 80.3. The molecule has 7 rings (SSSR count). The van der Waals surface area contributed by atoms with Gasteiger partial charge in [0.05, 0.1) is 30.3 Å². The molecule has 2 N–H and O–H groups in total. The fraction of sp³-hybridized carbons (Fsp3) is 0.674. The summed E-state index contributed by atoms with van der Waals surface area (Å²) >= 11 is 0. The average molecular weight is 802 g/mol. The number of aromatic nitrogens is 3. The highest BCUT2D eigenvalue weighted by atomic mass is 19.3. The molecular formula is C43H56F5N5O4. The SMILES string of the molecule is CC(CC(=O)O)CC1CC(C)CC(CNC(=O)c2cnc(-c3cn(C4CCC(F)CC4)c4cc(OC5CCC(N6CC(F)(F)C6)CC5)ccc34)nc2C(C)(F)F)C1. The van der Waals surface area contributed by atoms with Crippen LogP contribution in [0.15, 0.2) is 30.6 Å². The van der Waals surface area contributed by atoms with E-state index in [0.29, 0.717) is 60.8 Å². The van der Waals surface area contributed by atoms with Crippen LogP contribution in [0.5, 0.6) is 5.75 Å². The van der Waals surface area contributed by atoms with Crippen molar-refractivity contribution in [2.24, 2.45) is 23.7 Å². The van der Waals surface area contributed by atoms with Gasteiger partial charge in [-0.05, 0) is 113 Å². The number of halogens is 5. The molecule has 1 aromatic carbocycles. The number of carbonyl (C=O) groups excluding carboxylic acids is 1. The summed E-state index contributed by atoms with van der Waals surface area (Å²) in [7, 11) is 0. The van der Waals surface area contributed by atoms with Gasteiger partial charge in [0.2, 0.25) is 0 Å². The molecule has 3 heterocycles. The number of ether oxygens (including phenoxy) is 1. The van der Waals surface area contributed by atoms with Gasteiger partial charge in [0.25, 0.3) is 17.8 Å². The van der Waals surface area contributed by atoms with Crippen LogP contribution in [0.2, 0.25) is 0 Å². The number of nitrogens with one attached hydrogen (secondary N) is 1. The minimum absolute atomic E-state index is 0.0341. The number of alkyl halides is 5. The highest BCUT2D eigenvalue weighted by molar-refractivity contribution is 5.97. The van der Waals surface area contributed by atoms with E-state index < -0.39 is 35.6 Å². The summed E-state index contributed by atoms with van der Waals surface area (Å²) in [6.45, 7) is 4.76. The van der Waals surface area contributed by atoms with Gasteiger partial charge in [-0.2, -0.15) is 8.78 Å². The third kappa shape index (κ3) is 9.91. The molecule has 4 aliphatic rings. The second-order valence-electron chi connectivity index (χ2n) is 17.9. The standard InChI is InChI=1S/C43H56F5N5O4/c1-25-14-27(15-26(2)17-38(54)55)18-28(16-25)20-50-41(56)35-21-49-40(51-39(35)42(3,45)46)36-22-53(31-6-4-29(44)5-7-31)37-19-33(12-13-34(36)37)57-32-10-8-30(9-11-32)52-23-43(47,48)24-52/h12-13,19,21-22,25-32H,4-11,14-18,20,23-24H2,1-3H3,(H,50,56)(H,54,55). The van der Waals surface area contributed by atoms with Gasteiger partial charge in [0.1, 0.15) is 17.6 Å². The Hall–Kier alpha value is -3.81. The minimum atomic E-state index is -3.45. The van der Waals surface area contributed by atoms with Crippen molar-refractivity contribution in [2.75, 3.05) is 19.6 Å². The molecule has 0 spiro atoms. The summed E-state index contributed by atoms with van der Waals surface area (Å²) in [6.07, 6.45) is 10.8. The molecule has 1 aliphatic heterocycles. The van der Waals surface area contributed by atoms with Crippen LogP contribution in [0.3, 0.4) is 0 Å². The lowest BCUT2D eigenvalue weighted by Gasteiger charge is -2.46. The van der Waals surface area contributed by atoms with Gasteiger partial charge in [-0.3, -0.25) is 14.5 Å². The molecule has 4 unspecified atom stereocenters. The Morgan fingerprint density at radius 1 is 1.02 bits per heavy atom. The predicted molar refractivity (Wildman–Crippen MR) is 206 cm³/mol. The summed E-state index contributed by atoms with van der Waals surface area (Å²) in [4.78, 5) is 35.4. The van der Waals surface area contributed by atoms with Crippen LogP contribution in [0.25, 0.3) is 22.3 Å². The molecule has 3 saturated carbocycles. The molecular weight excluding hydrogens is 745 g/mol. The first-order chi connectivity index (χ1) is 27.0. The number of carboxylic acids is 1. The van der Waals surface area contributed by atoms with Crippen LogP contribution >= 0.6 is 0 Å². The lowest BCUT2D eigenvalue weighted by Crippen LogP contribution is -2.60. The normalized spacial score (nSPS) is 28.7. The van der Waals surface area contributed by atoms with E-state index in [2.05, 4.69) is 26.8 Å². The van der Waals surface area contributed by atoms with Gasteiger partial charge in [-0.15, -0.1) is 0 Å². The van der Waals surface area contributed by atoms with Crippen molar-refractivity contribution >= 4 is 22.8 Å². The number of carboxylic acid groups (broad SMARTS) is 1. The van der Waals surface area contributed by atoms with Gasteiger partial charge in [0, 0.05) is 61.4 Å². The maximum absolute atomic E-state index is 15.3. The first-order valence-corrected chi connectivity index (χ1v) is 20.8. The van der Waals surface area contributed by atoms with E-state index in [1.165, 1.54) is 6.20 Å². The minimum Gasteiger partial charge on any atom is -0.490 e. The van der Waals surface area contributed by atoms with Crippen LogP contribution in [0.4, 0.5) is 22.0 Å². The molecule has 2 aromatic heterocycles. The zero-order chi connectivity index (χ0) is 40.6. The third-order valence-electron chi connectivity index (χ3n) is 12.8. The maximum atomic E-state index is 15.3. The molecule has 0 bridgehead atoms. The quantitative estimate of drug-likeness (QED) is 0.166. The van der Waals surface area contributed by atoms with Gasteiger partial charge in [-0.1, -0.05) is 13.8 Å². The molecule has 0 radical (unpaired) electrons. The Labute approximate surface area is 331 Å². The van der Waals surface area contributed by atoms with Crippen molar-refractivity contribution in [1.29, 1.82) is 0 Å². The lowest BCUT2D eigenvalue weighted by molar-refractivity contribution is -0.151. The number of amides is 1. The van der Waals surface area contributed by atoms with E-state index in [-0.39, 0.29) is 60.9 Å². The Kier molecular flexibility index (Phi) is 12.2. The Morgan fingerprint density at radius 2 is 1.70 bits per heavy atom. The number of aliphatic carboxylic acids is 1. The van der Waals surface area contributed by atoms with Gasteiger partial charge >= 0.3 is 5.97 Å². The molecule has 312 valence electrons. The summed E-state index contributed by atoms with van der Waals surface area (Å²) in [6, 6.07) is 5.71. The third-order valence-corrected chi connectivity index (χ3v) is 12.8. The number of hydrogen-bond acceptors (Lipinski definition) is 6. The number of nitrogens with zero attached hydrogens (tertiary/aromatic N) is 4.